The Kier molecular flexibility index (Phi) is 3.43. The first-order chi connectivity index (χ1) is 8.38. The molecule has 0 spiro atoms. The van der Waals surface area contributed by atoms with Crippen LogP contribution in [0.4, 0.5) is 13.2 Å². The zero-order valence-corrected chi connectivity index (χ0v) is 10.8. The fraction of sp³-hybridized carbons (Fsp3) is 0.308. The van der Waals surface area contributed by atoms with Gasteiger partial charge in [0, 0.05) is 21.5 Å². The number of aromatic nitrogens is 1. The molecule has 1 nitrogen and oxygen atoms in total. The van der Waals surface area contributed by atoms with Gasteiger partial charge in [-0.05, 0) is 30.2 Å². The van der Waals surface area contributed by atoms with Crippen LogP contribution >= 0.6 is 11.3 Å². The van der Waals surface area contributed by atoms with E-state index in [9.17, 15) is 13.2 Å². The average Bonchev–Trinajstić information content (AvgIpc) is 2.77. The molecule has 0 radical (unpaired) electrons. The second-order valence-electron chi connectivity index (χ2n) is 4.29. The molecule has 0 aliphatic heterocycles. The van der Waals surface area contributed by atoms with Gasteiger partial charge in [-0.3, -0.25) is 4.98 Å². The zero-order chi connectivity index (χ0) is 13.3. The summed E-state index contributed by atoms with van der Waals surface area (Å²) in [4.78, 5) is 5.62. The summed E-state index contributed by atoms with van der Waals surface area (Å²) < 4.78 is 37.1. The lowest BCUT2D eigenvalue weighted by Crippen LogP contribution is -2.07. The summed E-state index contributed by atoms with van der Waals surface area (Å²) in [5.74, 6) is 0.422. The number of hydrogen-bond donors (Lipinski definition) is 0. The van der Waals surface area contributed by atoms with E-state index >= 15 is 0 Å². The van der Waals surface area contributed by atoms with Gasteiger partial charge in [-0.15, -0.1) is 11.3 Å². The van der Waals surface area contributed by atoms with Gasteiger partial charge in [-0.25, -0.2) is 0 Å². The number of pyridine rings is 1. The predicted molar refractivity (Wildman–Crippen MR) is 66.6 cm³/mol. The molecule has 2 heterocycles. The quantitative estimate of drug-likeness (QED) is 0.753. The molecule has 0 aliphatic carbocycles. The van der Waals surface area contributed by atoms with Crippen LogP contribution in [0.25, 0.3) is 10.4 Å². The van der Waals surface area contributed by atoms with Crippen molar-refractivity contribution in [3.63, 3.8) is 0 Å². The van der Waals surface area contributed by atoms with E-state index in [2.05, 4.69) is 18.8 Å². The number of rotatable bonds is 2. The van der Waals surface area contributed by atoms with Crippen LogP contribution in [0.2, 0.25) is 0 Å². The van der Waals surface area contributed by atoms with E-state index in [1.807, 2.05) is 12.1 Å². The minimum atomic E-state index is -4.38. The molecule has 0 aromatic carbocycles. The molecule has 18 heavy (non-hydrogen) atoms. The van der Waals surface area contributed by atoms with Crippen LogP contribution < -0.4 is 0 Å². The summed E-state index contributed by atoms with van der Waals surface area (Å²) in [6, 6.07) is 6.41. The van der Waals surface area contributed by atoms with Crippen LogP contribution in [-0.2, 0) is 6.18 Å². The maximum atomic E-state index is 12.4. The van der Waals surface area contributed by atoms with Crippen molar-refractivity contribution in [3.8, 4) is 10.4 Å². The van der Waals surface area contributed by atoms with Crippen LogP contribution in [-0.4, -0.2) is 4.98 Å². The lowest BCUT2D eigenvalue weighted by Gasteiger charge is -2.05. The van der Waals surface area contributed by atoms with E-state index < -0.39 is 11.9 Å². The van der Waals surface area contributed by atoms with Gasteiger partial charge < -0.3 is 0 Å². The maximum Gasteiger partial charge on any atom is 0.433 e. The summed E-state index contributed by atoms with van der Waals surface area (Å²) in [5.41, 5.74) is -0.133. The maximum absolute atomic E-state index is 12.4. The highest BCUT2D eigenvalue weighted by Gasteiger charge is 2.32. The third-order valence-electron chi connectivity index (χ3n) is 2.53. The standard InChI is InChI=1S/C13H12F3NS/c1-8(2)10-4-5-11(18-10)9-3-6-12(17-7-9)13(14,15)16/h3-8H,1-2H3. The summed E-state index contributed by atoms with van der Waals surface area (Å²) in [6.45, 7) is 4.17. The van der Waals surface area contributed by atoms with Gasteiger partial charge in [0.2, 0.25) is 0 Å². The number of nitrogens with zero attached hydrogens (tertiary/aromatic N) is 1. The van der Waals surface area contributed by atoms with Crippen LogP contribution in [0.15, 0.2) is 30.5 Å². The van der Waals surface area contributed by atoms with Gasteiger partial charge in [0.1, 0.15) is 5.69 Å². The predicted octanol–water partition coefficient (Wildman–Crippen LogP) is 4.95. The molecule has 0 N–H and O–H groups in total. The highest BCUT2D eigenvalue weighted by molar-refractivity contribution is 7.15. The molecule has 2 aromatic rings. The van der Waals surface area contributed by atoms with Crippen molar-refractivity contribution < 1.29 is 13.2 Å². The monoisotopic (exact) mass is 271 g/mol. The second-order valence-corrected chi connectivity index (χ2v) is 5.40. The lowest BCUT2D eigenvalue weighted by atomic mass is 10.2. The summed E-state index contributed by atoms with van der Waals surface area (Å²) in [5, 5.41) is 0. The molecule has 5 heteroatoms. The first kappa shape index (κ1) is 13.1. The Balaban J connectivity index is 2.29. The number of thiophene rings is 1. The van der Waals surface area contributed by atoms with E-state index in [-0.39, 0.29) is 0 Å². The molecule has 2 aromatic heterocycles. The van der Waals surface area contributed by atoms with Gasteiger partial charge in [0.25, 0.3) is 0 Å². The number of alkyl halides is 3. The highest BCUT2D eigenvalue weighted by Crippen LogP contribution is 2.33. The molecule has 0 saturated heterocycles. The summed E-state index contributed by atoms with van der Waals surface area (Å²) in [6.07, 6.45) is -3.10. The normalized spacial score (nSPS) is 12.1. The van der Waals surface area contributed by atoms with Crippen molar-refractivity contribution in [1.82, 2.24) is 4.98 Å². The molecular weight excluding hydrogens is 259 g/mol. The van der Waals surface area contributed by atoms with Crippen molar-refractivity contribution in [3.05, 3.63) is 41.0 Å². The summed E-state index contributed by atoms with van der Waals surface area (Å²) in [7, 11) is 0. The first-order valence-electron chi connectivity index (χ1n) is 5.51. The first-order valence-corrected chi connectivity index (χ1v) is 6.33. The van der Waals surface area contributed by atoms with Gasteiger partial charge in [-0.2, -0.15) is 13.2 Å². The third-order valence-corrected chi connectivity index (χ3v) is 3.97. The van der Waals surface area contributed by atoms with Crippen molar-refractivity contribution in [2.45, 2.75) is 25.9 Å². The molecule has 0 atom stereocenters. The van der Waals surface area contributed by atoms with Crippen molar-refractivity contribution in [1.29, 1.82) is 0 Å². The molecule has 0 bridgehead atoms. The van der Waals surface area contributed by atoms with Crippen molar-refractivity contribution >= 4 is 11.3 Å². The van der Waals surface area contributed by atoms with E-state index in [0.29, 0.717) is 5.92 Å². The van der Waals surface area contributed by atoms with Gasteiger partial charge in [-0.1, -0.05) is 13.8 Å². The molecule has 0 unspecified atom stereocenters. The fourth-order valence-corrected chi connectivity index (χ4v) is 2.53. The Labute approximate surface area is 107 Å². The van der Waals surface area contributed by atoms with Crippen LogP contribution in [0.3, 0.4) is 0 Å². The van der Waals surface area contributed by atoms with Crippen molar-refractivity contribution in [2.24, 2.45) is 0 Å². The van der Waals surface area contributed by atoms with Gasteiger partial charge in [0.15, 0.2) is 0 Å². The number of hydrogen-bond acceptors (Lipinski definition) is 2. The van der Waals surface area contributed by atoms with E-state index in [4.69, 9.17) is 0 Å². The molecule has 0 amide bonds. The Morgan fingerprint density at radius 3 is 2.28 bits per heavy atom. The van der Waals surface area contributed by atoms with Gasteiger partial charge >= 0.3 is 6.18 Å². The van der Waals surface area contributed by atoms with Crippen LogP contribution in [0.1, 0.15) is 30.3 Å². The second kappa shape index (κ2) is 4.72. The van der Waals surface area contributed by atoms with Crippen LogP contribution in [0.5, 0.6) is 0 Å². The lowest BCUT2D eigenvalue weighted by molar-refractivity contribution is -0.141. The molecule has 0 fully saturated rings. The SMILES string of the molecule is CC(C)c1ccc(-c2ccc(C(F)(F)F)nc2)s1. The van der Waals surface area contributed by atoms with E-state index in [1.54, 1.807) is 11.3 Å². The molecular formula is C13H12F3NS. The van der Waals surface area contributed by atoms with Crippen molar-refractivity contribution in [2.75, 3.05) is 0 Å². The molecule has 0 aliphatic rings. The third kappa shape index (κ3) is 2.72. The van der Waals surface area contributed by atoms with Gasteiger partial charge in [0.05, 0.1) is 0 Å². The Hall–Kier alpha value is -1.36. The summed E-state index contributed by atoms with van der Waals surface area (Å²) >= 11 is 1.59. The Bertz CT molecular complexity index is 526. The molecule has 2 rings (SSSR count). The highest BCUT2D eigenvalue weighted by atomic mass is 32.1. The molecule has 96 valence electrons. The van der Waals surface area contributed by atoms with Crippen LogP contribution in [0, 0.1) is 0 Å². The van der Waals surface area contributed by atoms with E-state index in [1.165, 1.54) is 17.1 Å². The minimum Gasteiger partial charge on any atom is -0.251 e. The topological polar surface area (TPSA) is 12.9 Å². The number of halogens is 3. The smallest absolute Gasteiger partial charge is 0.251 e. The Morgan fingerprint density at radius 1 is 1.11 bits per heavy atom. The zero-order valence-electron chi connectivity index (χ0n) is 9.95. The average molecular weight is 271 g/mol. The molecule has 0 saturated carbocycles. The largest absolute Gasteiger partial charge is 0.433 e. The minimum absolute atomic E-state index is 0.422. The van der Waals surface area contributed by atoms with E-state index in [0.717, 1.165) is 16.5 Å². The Morgan fingerprint density at radius 2 is 1.83 bits per heavy atom. The fourth-order valence-electron chi connectivity index (χ4n) is 1.53.